The monoisotopic (exact) mass is 372 g/mol. The highest BCUT2D eigenvalue weighted by molar-refractivity contribution is 6.30. The van der Waals surface area contributed by atoms with Gasteiger partial charge in [0.25, 0.3) is 5.91 Å². The summed E-state index contributed by atoms with van der Waals surface area (Å²) in [6.07, 6.45) is 0.724. The summed E-state index contributed by atoms with van der Waals surface area (Å²) in [6, 6.07) is 13.9. The lowest BCUT2D eigenvalue weighted by atomic mass is 10.0. The van der Waals surface area contributed by atoms with Gasteiger partial charge >= 0.3 is 0 Å². The maximum Gasteiger partial charge on any atom is 0.255 e. The third-order valence-corrected chi connectivity index (χ3v) is 4.65. The van der Waals surface area contributed by atoms with Gasteiger partial charge in [-0.15, -0.1) is 0 Å². The average molecular weight is 373 g/mol. The lowest BCUT2D eigenvalue weighted by Crippen LogP contribution is -2.39. The van der Waals surface area contributed by atoms with E-state index >= 15 is 0 Å². The molecular formula is C20H21ClN2O3. The summed E-state index contributed by atoms with van der Waals surface area (Å²) in [5.41, 5.74) is 2.25. The van der Waals surface area contributed by atoms with E-state index in [2.05, 4.69) is 5.32 Å². The molecular weight excluding hydrogens is 352 g/mol. The third kappa shape index (κ3) is 3.89. The Balaban J connectivity index is 1.82. The molecule has 3 rings (SSSR count). The summed E-state index contributed by atoms with van der Waals surface area (Å²) in [4.78, 5) is 27.3. The van der Waals surface area contributed by atoms with Crippen molar-refractivity contribution in [1.82, 2.24) is 10.2 Å². The number of amides is 2. The number of hydrogen-bond acceptors (Lipinski definition) is 3. The van der Waals surface area contributed by atoms with Gasteiger partial charge in [-0.05, 0) is 35.7 Å². The molecule has 2 amide bonds. The fraction of sp³-hybridized carbons (Fsp3) is 0.300. The van der Waals surface area contributed by atoms with Crippen LogP contribution in [0.2, 0.25) is 5.02 Å². The summed E-state index contributed by atoms with van der Waals surface area (Å²) in [5.74, 6) is -0.305. The van der Waals surface area contributed by atoms with Gasteiger partial charge in [0.1, 0.15) is 6.04 Å². The first-order valence-corrected chi connectivity index (χ1v) is 8.90. The van der Waals surface area contributed by atoms with E-state index in [-0.39, 0.29) is 11.8 Å². The molecule has 0 aromatic heterocycles. The first-order chi connectivity index (χ1) is 12.6. The van der Waals surface area contributed by atoms with Gasteiger partial charge in [0, 0.05) is 37.4 Å². The van der Waals surface area contributed by atoms with Crippen molar-refractivity contribution in [2.75, 3.05) is 20.3 Å². The Morgan fingerprint density at radius 1 is 1.19 bits per heavy atom. The topological polar surface area (TPSA) is 58.6 Å². The molecule has 0 saturated carbocycles. The van der Waals surface area contributed by atoms with Crippen LogP contribution in [0.5, 0.6) is 0 Å². The fourth-order valence-electron chi connectivity index (χ4n) is 3.13. The molecule has 1 unspecified atom stereocenters. The largest absolute Gasteiger partial charge is 0.385 e. The van der Waals surface area contributed by atoms with Gasteiger partial charge < -0.3 is 15.0 Å². The number of nitrogens with zero attached hydrogens (tertiary/aromatic N) is 1. The fourth-order valence-corrected chi connectivity index (χ4v) is 3.25. The van der Waals surface area contributed by atoms with E-state index < -0.39 is 6.04 Å². The van der Waals surface area contributed by atoms with Gasteiger partial charge in [-0.2, -0.15) is 0 Å². The van der Waals surface area contributed by atoms with Crippen LogP contribution in [0.4, 0.5) is 0 Å². The van der Waals surface area contributed by atoms with E-state index in [0.717, 1.165) is 17.5 Å². The van der Waals surface area contributed by atoms with Crippen LogP contribution in [0.25, 0.3) is 0 Å². The predicted octanol–water partition coefficient (Wildman–Crippen LogP) is 3.19. The Labute approximate surface area is 157 Å². The van der Waals surface area contributed by atoms with Crippen LogP contribution in [0.3, 0.4) is 0 Å². The zero-order valence-electron chi connectivity index (χ0n) is 14.6. The quantitative estimate of drug-likeness (QED) is 0.759. The van der Waals surface area contributed by atoms with Crippen LogP contribution in [0.1, 0.15) is 33.9 Å². The summed E-state index contributed by atoms with van der Waals surface area (Å²) in [6.45, 7) is 1.43. The van der Waals surface area contributed by atoms with Crippen LogP contribution in [-0.4, -0.2) is 37.0 Å². The number of carbonyl (C=O) groups is 2. The molecule has 0 aliphatic carbocycles. The summed E-state index contributed by atoms with van der Waals surface area (Å²) in [5, 5.41) is 3.55. The maximum absolute atomic E-state index is 12.9. The molecule has 0 fully saturated rings. The van der Waals surface area contributed by atoms with Crippen molar-refractivity contribution in [2.24, 2.45) is 0 Å². The van der Waals surface area contributed by atoms with E-state index in [1.807, 2.05) is 30.3 Å². The van der Waals surface area contributed by atoms with Crippen LogP contribution >= 0.6 is 11.6 Å². The lowest BCUT2D eigenvalue weighted by Gasteiger charge is -2.25. The molecule has 6 heteroatoms. The van der Waals surface area contributed by atoms with E-state index in [4.69, 9.17) is 16.3 Å². The first-order valence-electron chi connectivity index (χ1n) is 8.53. The molecule has 1 aliphatic rings. The SMILES string of the molecule is COCCCNC(=O)C1c2ccccc2C(=O)N1Cc1ccc(Cl)cc1. The second-order valence-electron chi connectivity index (χ2n) is 6.19. The molecule has 1 heterocycles. The second kappa shape index (κ2) is 8.34. The van der Waals surface area contributed by atoms with E-state index in [0.29, 0.717) is 30.3 Å². The number of halogens is 1. The molecule has 2 aromatic rings. The highest BCUT2D eigenvalue weighted by Crippen LogP contribution is 2.35. The Morgan fingerprint density at radius 2 is 1.92 bits per heavy atom. The van der Waals surface area contributed by atoms with Gasteiger partial charge in [0.2, 0.25) is 5.91 Å². The molecule has 0 bridgehead atoms. The van der Waals surface area contributed by atoms with E-state index in [1.54, 1.807) is 30.2 Å². The number of nitrogens with one attached hydrogen (secondary N) is 1. The predicted molar refractivity (Wildman–Crippen MR) is 100 cm³/mol. The normalized spacial score (nSPS) is 15.8. The Morgan fingerprint density at radius 3 is 2.65 bits per heavy atom. The number of rotatable bonds is 7. The highest BCUT2D eigenvalue weighted by Gasteiger charge is 2.40. The highest BCUT2D eigenvalue weighted by atomic mass is 35.5. The first kappa shape index (κ1) is 18.4. The van der Waals surface area contributed by atoms with Crippen molar-refractivity contribution >= 4 is 23.4 Å². The van der Waals surface area contributed by atoms with Crippen LogP contribution < -0.4 is 5.32 Å². The summed E-state index contributed by atoms with van der Waals surface area (Å²) < 4.78 is 5.01. The standard InChI is InChI=1S/C20H21ClN2O3/c1-26-12-4-11-22-19(24)18-16-5-2-3-6-17(16)20(25)23(18)13-14-7-9-15(21)10-8-14/h2-3,5-10,18H,4,11-13H2,1H3,(H,22,24). The minimum absolute atomic E-state index is 0.132. The van der Waals surface area contributed by atoms with Crippen molar-refractivity contribution < 1.29 is 14.3 Å². The Kier molecular flexibility index (Phi) is 5.91. The van der Waals surface area contributed by atoms with Gasteiger partial charge in [-0.1, -0.05) is 41.9 Å². The third-order valence-electron chi connectivity index (χ3n) is 4.40. The van der Waals surface area contributed by atoms with E-state index in [1.165, 1.54) is 0 Å². The van der Waals surface area contributed by atoms with Crippen molar-refractivity contribution in [2.45, 2.75) is 19.0 Å². The molecule has 0 spiro atoms. The molecule has 0 radical (unpaired) electrons. The van der Waals surface area contributed by atoms with Crippen molar-refractivity contribution in [3.05, 3.63) is 70.2 Å². The lowest BCUT2D eigenvalue weighted by molar-refractivity contribution is -0.125. The zero-order chi connectivity index (χ0) is 18.5. The van der Waals surface area contributed by atoms with Crippen LogP contribution in [0.15, 0.2) is 48.5 Å². The minimum atomic E-state index is -0.628. The number of hydrogen-bond donors (Lipinski definition) is 1. The van der Waals surface area contributed by atoms with Crippen molar-refractivity contribution in [3.63, 3.8) is 0 Å². The maximum atomic E-state index is 12.9. The number of fused-ring (bicyclic) bond motifs is 1. The van der Waals surface area contributed by atoms with Gasteiger partial charge in [-0.3, -0.25) is 9.59 Å². The Hall–Kier alpha value is -2.37. The second-order valence-corrected chi connectivity index (χ2v) is 6.62. The smallest absolute Gasteiger partial charge is 0.255 e. The molecule has 136 valence electrons. The van der Waals surface area contributed by atoms with Gasteiger partial charge in [0.15, 0.2) is 0 Å². The number of carbonyl (C=O) groups excluding carboxylic acids is 2. The van der Waals surface area contributed by atoms with Crippen molar-refractivity contribution in [3.8, 4) is 0 Å². The summed E-state index contributed by atoms with van der Waals surface area (Å²) in [7, 11) is 1.63. The number of ether oxygens (including phenoxy) is 1. The van der Waals surface area contributed by atoms with Crippen molar-refractivity contribution in [1.29, 1.82) is 0 Å². The van der Waals surface area contributed by atoms with Gasteiger partial charge in [-0.25, -0.2) is 0 Å². The number of benzene rings is 2. The zero-order valence-corrected chi connectivity index (χ0v) is 15.3. The van der Waals surface area contributed by atoms with Crippen LogP contribution in [-0.2, 0) is 16.1 Å². The molecule has 2 aromatic carbocycles. The molecule has 1 atom stereocenters. The molecule has 0 saturated heterocycles. The summed E-state index contributed by atoms with van der Waals surface area (Å²) >= 11 is 5.94. The molecule has 5 nitrogen and oxygen atoms in total. The number of methoxy groups -OCH3 is 1. The molecule has 1 N–H and O–H groups in total. The average Bonchev–Trinajstić information content (AvgIpc) is 2.93. The van der Waals surface area contributed by atoms with Gasteiger partial charge in [0.05, 0.1) is 0 Å². The minimum Gasteiger partial charge on any atom is -0.385 e. The molecule has 26 heavy (non-hydrogen) atoms. The van der Waals surface area contributed by atoms with Crippen LogP contribution in [0, 0.1) is 0 Å². The Bertz CT molecular complexity index is 792. The van der Waals surface area contributed by atoms with E-state index in [9.17, 15) is 9.59 Å². The molecule has 1 aliphatic heterocycles.